The molecule has 0 saturated carbocycles. The predicted molar refractivity (Wildman–Crippen MR) is 105 cm³/mol. The van der Waals surface area contributed by atoms with Gasteiger partial charge in [-0.1, -0.05) is 17.7 Å². The fourth-order valence-electron chi connectivity index (χ4n) is 2.34. The zero-order valence-electron chi connectivity index (χ0n) is 14.4. The number of nitrogens with one attached hydrogen (secondary N) is 2. The van der Waals surface area contributed by atoms with Crippen molar-refractivity contribution in [3.05, 3.63) is 83.1 Å². The van der Waals surface area contributed by atoms with Crippen molar-refractivity contribution in [3.8, 4) is 5.75 Å². The van der Waals surface area contributed by atoms with E-state index < -0.39 is 0 Å². The van der Waals surface area contributed by atoms with E-state index >= 15 is 0 Å². The average Bonchev–Trinajstić information content (AvgIpc) is 2.68. The molecule has 7 heteroatoms. The summed E-state index contributed by atoms with van der Waals surface area (Å²) in [5, 5.41) is 5.98. The number of benzene rings is 2. The summed E-state index contributed by atoms with van der Waals surface area (Å²) in [6.07, 6.45) is 2.79. The largest absolute Gasteiger partial charge is 0.497 e. The maximum Gasteiger partial charge on any atom is 0.257 e. The normalized spacial score (nSPS) is 10.1. The van der Waals surface area contributed by atoms with Gasteiger partial charge in [0.15, 0.2) is 0 Å². The molecule has 6 nitrogen and oxygen atoms in total. The van der Waals surface area contributed by atoms with E-state index in [9.17, 15) is 9.59 Å². The fourth-order valence-corrected chi connectivity index (χ4v) is 2.53. The summed E-state index contributed by atoms with van der Waals surface area (Å²) in [7, 11) is 1.57. The smallest absolute Gasteiger partial charge is 0.257 e. The molecular formula is C20H16ClN3O3. The number of halogens is 1. The van der Waals surface area contributed by atoms with Crippen LogP contribution in [-0.4, -0.2) is 23.9 Å². The van der Waals surface area contributed by atoms with Crippen LogP contribution in [0.4, 0.5) is 11.4 Å². The van der Waals surface area contributed by atoms with Crippen molar-refractivity contribution in [2.45, 2.75) is 0 Å². The monoisotopic (exact) mass is 381 g/mol. The Morgan fingerprint density at radius 3 is 2.11 bits per heavy atom. The summed E-state index contributed by atoms with van der Waals surface area (Å²) in [6, 6.07) is 15.2. The number of hydrogen-bond acceptors (Lipinski definition) is 4. The zero-order valence-corrected chi connectivity index (χ0v) is 15.2. The Kier molecular flexibility index (Phi) is 5.68. The van der Waals surface area contributed by atoms with E-state index in [1.165, 1.54) is 18.5 Å². The molecule has 1 aromatic heterocycles. The van der Waals surface area contributed by atoms with Gasteiger partial charge in [0.25, 0.3) is 11.8 Å². The molecule has 2 aromatic carbocycles. The summed E-state index contributed by atoms with van der Waals surface area (Å²) in [5.74, 6) is -0.0664. The predicted octanol–water partition coefficient (Wildman–Crippen LogP) is 4.25. The number of carbonyl (C=O) groups excluding carboxylic acids is 2. The van der Waals surface area contributed by atoms with Gasteiger partial charge in [-0.05, 0) is 48.5 Å². The number of nitrogens with zero attached hydrogens (tertiary/aromatic N) is 1. The molecule has 0 radical (unpaired) electrons. The van der Waals surface area contributed by atoms with Crippen LogP contribution in [-0.2, 0) is 0 Å². The molecule has 1 heterocycles. The highest BCUT2D eigenvalue weighted by molar-refractivity contribution is 6.31. The first-order chi connectivity index (χ1) is 13.0. The van der Waals surface area contributed by atoms with E-state index in [1.807, 2.05) is 0 Å². The molecule has 0 aliphatic rings. The number of carbonyl (C=O) groups is 2. The fraction of sp³-hybridized carbons (Fsp3) is 0.0500. The van der Waals surface area contributed by atoms with Gasteiger partial charge >= 0.3 is 0 Å². The number of hydrogen-bond donors (Lipinski definition) is 2. The first kappa shape index (κ1) is 18.4. The highest BCUT2D eigenvalue weighted by Gasteiger charge is 2.12. The minimum absolute atomic E-state index is 0.261. The van der Waals surface area contributed by atoms with E-state index in [1.54, 1.807) is 55.6 Å². The number of anilines is 2. The summed E-state index contributed by atoms with van der Waals surface area (Å²) >= 11 is 5.91. The summed E-state index contributed by atoms with van der Waals surface area (Å²) < 4.78 is 5.08. The average molecular weight is 382 g/mol. The van der Waals surface area contributed by atoms with Crippen LogP contribution >= 0.6 is 11.6 Å². The highest BCUT2D eigenvalue weighted by atomic mass is 35.5. The lowest BCUT2D eigenvalue weighted by Gasteiger charge is -2.08. The standard InChI is InChI=1S/C20H16ClN3O3/c1-27-18-7-5-16(6-8-18)23-19(25)13-9-14(12-22-11-13)20(26)24-17-4-2-3-15(21)10-17/h2-12H,1H3,(H,23,25)(H,24,26). The molecule has 27 heavy (non-hydrogen) atoms. The third-order valence-corrected chi connectivity index (χ3v) is 3.93. The Bertz CT molecular complexity index is 974. The van der Waals surface area contributed by atoms with Gasteiger partial charge in [0.05, 0.1) is 18.2 Å². The Balaban J connectivity index is 1.71. The molecule has 2 amide bonds. The van der Waals surface area contributed by atoms with Crippen LogP contribution in [0.3, 0.4) is 0 Å². The first-order valence-electron chi connectivity index (χ1n) is 8.02. The summed E-state index contributed by atoms with van der Waals surface area (Å²) in [6.45, 7) is 0. The van der Waals surface area contributed by atoms with Crippen LogP contribution in [0.2, 0.25) is 5.02 Å². The third-order valence-electron chi connectivity index (χ3n) is 3.69. The van der Waals surface area contributed by atoms with Gasteiger partial charge in [-0.15, -0.1) is 0 Å². The third kappa shape index (κ3) is 4.83. The molecular weight excluding hydrogens is 366 g/mol. The minimum atomic E-state index is -0.385. The molecule has 0 aliphatic carbocycles. The zero-order chi connectivity index (χ0) is 19.2. The summed E-state index contributed by atoms with van der Waals surface area (Å²) in [5.41, 5.74) is 1.69. The molecule has 3 aromatic rings. The van der Waals surface area contributed by atoms with Crippen LogP contribution in [0.25, 0.3) is 0 Å². The molecule has 0 unspecified atom stereocenters. The molecule has 0 bridgehead atoms. The van der Waals surface area contributed by atoms with E-state index in [0.717, 1.165) is 0 Å². The van der Waals surface area contributed by atoms with Crippen molar-refractivity contribution < 1.29 is 14.3 Å². The molecule has 0 saturated heterocycles. The van der Waals surface area contributed by atoms with E-state index in [0.29, 0.717) is 22.1 Å². The van der Waals surface area contributed by atoms with Crippen molar-refractivity contribution in [2.24, 2.45) is 0 Å². The lowest BCUT2D eigenvalue weighted by atomic mass is 10.1. The van der Waals surface area contributed by atoms with Crippen molar-refractivity contribution in [1.82, 2.24) is 4.98 Å². The molecule has 0 spiro atoms. The van der Waals surface area contributed by atoms with E-state index in [4.69, 9.17) is 16.3 Å². The summed E-state index contributed by atoms with van der Waals surface area (Å²) in [4.78, 5) is 28.8. The topological polar surface area (TPSA) is 80.3 Å². The number of pyridine rings is 1. The van der Waals surface area contributed by atoms with Crippen LogP contribution in [0.1, 0.15) is 20.7 Å². The maximum absolute atomic E-state index is 12.4. The van der Waals surface area contributed by atoms with E-state index in [-0.39, 0.29) is 22.9 Å². The van der Waals surface area contributed by atoms with Crippen LogP contribution in [0, 0.1) is 0 Å². The highest BCUT2D eigenvalue weighted by Crippen LogP contribution is 2.17. The van der Waals surface area contributed by atoms with Crippen molar-refractivity contribution in [3.63, 3.8) is 0 Å². The number of amides is 2. The molecule has 0 aliphatic heterocycles. The molecule has 0 atom stereocenters. The Morgan fingerprint density at radius 1 is 0.889 bits per heavy atom. The SMILES string of the molecule is COc1ccc(NC(=O)c2cncc(C(=O)Nc3cccc(Cl)c3)c2)cc1. The second-order valence-electron chi connectivity index (χ2n) is 5.61. The second-order valence-corrected chi connectivity index (χ2v) is 6.05. The Hall–Kier alpha value is -3.38. The van der Waals surface area contributed by atoms with Gasteiger partial charge in [-0.3, -0.25) is 14.6 Å². The van der Waals surface area contributed by atoms with Crippen molar-refractivity contribution in [2.75, 3.05) is 17.7 Å². The van der Waals surface area contributed by atoms with Crippen LogP contribution < -0.4 is 15.4 Å². The first-order valence-corrected chi connectivity index (χ1v) is 8.40. The number of methoxy groups -OCH3 is 1. The van der Waals surface area contributed by atoms with Gasteiger partial charge in [0, 0.05) is 28.8 Å². The van der Waals surface area contributed by atoms with Crippen LogP contribution in [0.15, 0.2) is 67.0 Å². The molecule has 2 N–H and O–H groups in total. The van der Waals surface area contributed by atoms with Crippen LogP contribution in [0.5, 0.6) is 5.75 Å². The quantitative estimate of drug-likeness (QED) is 0.692. The number of rotatable bonds is 5. The Labute approximate surface area is 161 Å². The van der Waals surface area contributed by atoms with Crippen molar-refractivity contribution >= 4 is 34.8 Å². The van der Waals surface area contributed by atoms with E-state index in [2.05, 4.69) is 15.6 Å². The van der Waals surface area contributed by atoms with Crippen molar-refractivity contribution in [1.29, 1.82) is 0 Å². The minimum Gasteiger partial charge on any atom is -0.497 e. The Morgan fingerprint density at radius 2 is 1.52 bits per heavy atom. The van der Waals surface area contributed by atoms with Gasteiger partial charge in [-0.2, -0.15) is 0 Å². The van der Waals surface area contributed by atoms with Gasteiger partial charge < -0.3 is 15.4 Å². The van der Waals surface area contributed by atoms with Gasteiger partial charge in [0.2, 0.25) is 0 Å². The molecule has 136 valence electrons. The lowest BCUT2D eigenvalue weighted by Crippen LogP contribution is -2.16. The maximum atomic E-state index is 12.4. The molecule has 0 fully saturated rings. The molecule has 3 rings (SSSR count). The number of aromatic nitrogens is 1. The number of ether oxygens (including phenoxy) is 1. The van der Waals surface area contributed by atoms with Gasteiger partial charge in [0.1, 0.15) is 5.75 Å². The lowest BCUT2D eigenvalue weighted by molar-refractivity contribution is 0.102. The van der Waals surface area contributed by atoms with Gasteiger partial charge in [-0.25, -0.2) is 0 Å². The second kappa shape index (κ2) is 8.33.